The lowest BCUT2D eigenvalue weighted by atomic mass is 10.6. The zero-order chi connectivity index (χ0) is 5.86. The van der Waals surface area contributed by atoms with Gasteiger partial charge in [0.25, 0.3) is 0 Å². The first-order valence-electron chi connectivity index (χ1n) is 1.89. The average Bonchev–Trinajstić information content (AvgIpc) is 1.65. The quantitative estimate of drug-likeness (QED) is 0.430. The fraction of sp³-hybridized carbons (Fsp3) is 1.00. The van der Waals surface area contributed by atoms with Gasteiger partial charge in [0.2, 0.25) is 0 Å². The lowest BCUT2D eigenvalue weighted by Crippen LogP contribution is -2.34. The van der Waals surface area contributed by atoms with Crippen LogP contribution >= 0.6 is 23.2 Å². The number of hydrogen-bond donors (Lipinski definition) is 2. The summed E-state index contributed by atoms with van der Waals surface area (Å²) in [6.07, 6.45) is 0. The predicted molar refractivity (Wildman–Crippen MR) is 32.5 cm³/mol. The monoisotopic (exact) mass is 142 g/mol. The van der Waals surface area contributed by atoms with Gasteiger partial charge < -0.3 is 11.1 Å². The first-order chi connectivity index (χ1) is 3.18. The Balaban J connectivity index is 3.14. The van der Waals surface area contributed by atoms with E-state index in [1.165, 1.54) is 0 Å². The smallest absolute Gasteiger partial charge is 0.112 e. The van der Waals surface area contributed by atoms with Crippen LogP contribution in [0.25, 0.3) is 0 Å². The van der Waals surface area contributed by atoms with Crippen LogP contribution in [0.2, 0.25) is 0 Å². The number of halogens is 2. The van der Waals surface area contributed by atoms with Crippen molar-refractivity contribution >= 4 is 23.2 Å². The Bertz CT molecular complexity index is 48.2. The summed E-state index contributed by atoms with van der Waals surface area (Å²) in [4.78, 5) is 0. The van der Waals surface area contributed by atoms with E-state index in [0.717, 1.165) is 0 Å². The Kier molecular flexibility index (Phi) is 3.75. The number of nitrogens with two attached hydrogens (primary N) is 1. The average molecular weight is 143 g/mol. The van der Waals surface area contributed by atoms with Gasteiger partial charge in [0, 0.05) is 0 Å². The second kappa shape index (κ2) is 3.50. The molecular weight excluding hydrogens is 135 g/mol. The fourth-order valence-electron chi connectivity index (χ4n) is 0.159. The van der Waals surface area contributed by atoms with Crippen LogP contribution in [0.4, 0.5) is 0 Å². The second-order valence-electron chi connectivity index (χ2n) is 1.13. The minimum Gasteiger partial charge on any atom is -0.313 e. The Hall–Kier alpha value is 0.500. The highest BCUT2D eigenvalue weighted by molar-refractivity contribution is 6.29. The summed E-state index contributed by atoms with van der Waals surface area (Å²) in [7, 11) is 1.69. The third-order valence-electron chi connectivity index (χ3n) is 0.555. The number of nitrogens with one attached hydrogen (secondary N) is 1. The summed E-state index contributed by atoms with van der Waals surface area (Å²) in [5.74, 6) is 0. The maximum absolute atomic E-state index is 5.43. The van der Waals surface area contributed by atoms with Crippen molar-refractivity contribution in [3.05, 3.63) is 0 Å². The summed E-state index contributed by atoms with van der Waals surface area (Å²) < 4.78 is 0. The summed E-state index contributed by atoms with van der Waals surface area (Å²) in [5.41, 5.74) is 4.28. The molecule has 0 fully saturated rings. The number of alkyl halides is 2. The van der Waals surface area contributed by atoms with Crippen LogP contribution < -0.4 is 11.1 Å². The molecular formula is C3H8Cl2N2. The molecule has 0 aromatic rings. The topological polar surface area (TPSA) is 38.0 Å². The zero-order valence-electron chi connectivity index (χ0n) is 3.99. The van der Waals surface area contributed by atoms with E-state index in [1.54, 1.807) is 7.05 Å². The lowest BCUT2D eigenvalue weighted by Gasteiger charge is -2.07. The summed E-state index contributed by atoms with van der Waals surface area (Å²) >= 11 is 10.7. The molecule has 0 aliphatic rings. The van der Waals surface area contributed by atoms with Crippen molar-refractivity contribution in [1.29, 1.82) is 0 Å². The highest BCUT2D eigenvalue weighted by Gasteiger charge is 2.06. The van der Waals surface area contributed by atoms with Gasteiger partial charge in [-0.25, -0.2) is 0 Å². The first kappa shape index (κ1) is 7.50. The Morgan fingerprint density at radius 3 is 2.00 bits per heavy atom. The molecule has 2 atom stereocenters. The molecule has 2 nitrogen and oxygen atoms in total. The molecule has 0 aromatic heterocycles. The van der Waals surface area contributed by atoms with Gasteiger partial charge in [-0.15, -0.1) is 23.2 Å². The SMILES string of the molecule is CNC(Cl)C(N)Cl. The summed E-state index contributed by atoms with van der Waals surface area (Å²) in [6, 6.07) is 0. The Morgan fingerprint density at radius 2 is 2.00 bits per heavy atom. The van der Waals surface area contributed by atoms with Crippen molar-refractivity contribution in [1.82, 2.24) is 5.32 Å². The fourth-order valence-corrected chi connectivity index (χ4v) is 0.285. The van der Waals surface area contributed by atoms with Crippen LogP contribution in [0.15, 0.2) is 0 Å². The van der Waals surface area contributed by atoms with E-state index in [2.05, 4.69) is 5.32 Å². The van der Waals surface area contributed by atoms with Gasteiger partial charge in [-0.1, -0.05) is 0 Å². The van der Waals surface area contributed by atoms with Gasteiger partial charge >= 0.3 is 0 Å². The normalized spacial score (nSPS) is 18.9. The second-order valence-corrected chi connectivity index (χ2v) is 2.11. The van der Waals surface area contributed by atoms with E-state index in [1.807, 2.05) is 0 Å². The first-order valence-corrected chi connectivity index (χ1v) is 2.76. The van der Waals surface area contributed by atoms with Crippen LogP contribution in [0.3, 0.4) is 0 Å². The zero-order valence-corrected chi connectivity index (χ0v) is 5.50. The molecule has 4 heteroatoms. The molecule has 0 bridgehead atoms. The Labute approximate surface area is 53.0 Å². The van der Waals surface area contributed by atoms with Crippen LogP contribution in [0, 0.1) is 0 Å². The molecule has 7 heavy (non-hydrogen) atoms. The highest BCUT2D eigenvalue weighted by atomic mass is 35.5. The minimum atomic E-state index is -0.508. The van der Waals surface area contributed by atoms with Gasteiger partial charge in [0.05, 0.1) is 0 Å². The standard InChI is InChI=1S/C3H8Cl2N2/c1-7-3(5)2(4)6/h2-3,7H,6H2,1H3. The van der Waals surface area contributed by atoms with Crippen molar-refractivity contribution in [3.8, 4) is 0 Å². The number of rotatable bonds is 2. The van der Waals surface area contributed by atoms with Crippen LogP contribution in [0.1, 0.15) is 0 Å². The number of hydrogen-bond acceptors (Lipinski definition) is 2. The Morgan fingerprint density at radius 1 is 1.57 bits per heavy atom. The van der Waals surface area contributed by atoms with Crippen LogP contribution in [0.5, 0.6) is 0 Å². The van der Waals surface area contributed by atoms with E-state index >= 15 is 0 Å². The largest absolute Gasteiger partial charge is 0.313 e. The van der Waals surface area contributed by atoms with E-state index in [9.17, 15) is 0 Å². The predicted octanol–water partition coefficient (Wildman–Crippen LogP) is 0.294. The van der Waals surface area contributed by atoms with Crippen molar-refractivity contribution in [2.75, 3.05) is 7.05 Å². The highest BCUT2D eigenvalue weighted by Crippen LogP contribution is 1.97. The molecule has 44 valence electrons. The van der Waals surface area contributed by atoms with E-state index in [-0.39, 0.29) is 5.50 Å². The van der Waals surface area contributed by atoms with Crippen molar-refractivity contribution in [3.63, 3.8) is 0 Å². The molecule has 0 heterocycles. The molecule has 0 saturated heterocycles. The lowest BCUT2D eigenvalue weighted by molar-refractivity contribution is 0.697. The van der Waals surface area contributed by atoms with Gasteiger partial charge in [0.1, 0.15) is 11.0 Å². The number of likely N-dealkylation sites (N-methyl/N-ethyl adjacent to an activating group) is 1. The molecule has 0 saturated carbocycles. The third kappa shape index (κ3) is 3.12. The van der Waals surface area contributed by atoms with Gasteiger partial charge in [-0.3, -0.25) is 0 Å². The van der Waals surface area contributed by atoms with Crippen molar-refractivity contribution in [2.24, 2.45) is 5.73 Å². The maximum atomic E-state index is 5.43. The molecule has 0 amide bonds. The molecule has 0 aliphatic heterocycles. The van der Waals surface area contributed by atoms with Crippen LogP contribution in [-0.4, -0.2) is 18.0 Å². The van der Waals surface area contributed by atoms with Crippen molar-refractivity contribution in [2.45, 2.75) is 11.0 Å². The summed E-state index contributed by atoms with van der Waals surface area (Å²) in [6.45, 7) is 0. The molecule has 0 aromatic carbocycles. The molecule has 0 rings (SSSR count). The maximum Gasteiger partial charge on any atom is 0.112 e. The van der Waals surface area contributed by atoms with Gasteiger partial charge in [-0.2, -0.15) is 0 Å². The van der Waals surface area contributed by atoms with E-state index < -0.39 is 5.50 Å². The minimum absolute atomic E-state index is 0.332. The molecule has 3 N–H and O–H groups in total. The van der Waals surface area contributed by atoms with E-state index in [0.29, 0.717) is 0 Å². The van der Waals surface area contributed by atoms with Crippen molar-refractivity contribution < 1.29 is 0 Å². The van der Waals surface area contributed by atoms with Crippen LogP contribution in [-0.2, 0) is 0 Å². The third-order valence-corrected chi connectivity index (χ3v) is 1.43. The van der Waals surface area contributed by atoms with E-state index in [4.69, 9.17) is 28.9 Å². The molecule has 0 aliphatic carbocycles. The van der Waals surface area contributed by atoms with Gasteiger partial charge in [0.15, 0.2) is 0 Å². The van der Waals surface area contributed by atoms with Gasteiger partial charge in [-0.05, 0) is 7.05 Å². The molecule has 0 spiro atoms. The summed E-state index contributed by atoms with van der Waals surface area (Å²) in [5, 5.41) is 2.67. The molecule has 2 unspecified atom stereocenters. The molecule has 0 radical (unpaired) electrons.